The quantitative estimate of drug-likeness (QED) is 0.905. The average Bonchev–Trinajstić information content (AvgIpc) is 2.67. The van der Waals surface area contributed by atoms with Crippen molar-refractivity contribution in [2.75, 3.05) is 5.32 Å². The third kappa shape index (κ3) is 2.53. The molecular weight excluding hydrogens is 310 g/mol. The van der Waals surface area contributed by atoms with Gasteiger partial charge in [0.05, 0.1) is 22.3 Å². The summed E-state index contributed by atoms with van der Waals surface area (Å²) in [5, 5.41) is 15.0. The van der Waals surface area contributed by atoms with E-state index in [1.807, 2.05) is 5.38 Å². The maximum atomic E-state index is 8.78. The number of aromatic nitrogens is 1. The third-order valence-electron chi connectivity index (χ3n) is 1.81. The molecule has 0 atom stereocenters. The van der Waals surface area contributed by atoms with E-state index >= 15 is 0 Å². The summed E-state index contributed by atoms with van der Waals surface area (Å²) in [5.41, 5.74) is 1.24. The van der Waals surface area contributed by atoms with Gasteiger partial charge >= 0.3 is 0 Å². The highest BCUT2D eigenvalue weighted by Gasteiger charge is 2.05. The minimum absolute atomic E-state index is 0.558. The highest BCUT2D eigenvalue weighted by atomic mass is 79.9. The summed E-state index contributed by atoms with van der Waals surface area (Å²) in [6.07, 6.45) is 0. The monoisotopic (exact) mass is 313 g/mol. The minimum Gasteiger partial charge on any atom is -0.330 e. The molecule has 2 aromatic rings. The van der Waals surface area contributed by atoms with Crippen molar-refractivity contribution >= 4 is 49.7 Å². The van der Waals surface area contributed by atoms with E-state index in [4.69, 9.17) is 16.9 Å². The largest absolute Gasteiger partial charge is 0.330 e. The molecule has 16 heavy (non-hydrogen) atoms. The number of hydrogen-bond donors (Lipinski definition) is 1. The van der Waals surface area contributed by atoms with Crippen molar-refractivity contribution in [1.82, 2.24) is 4.98 Å². The minimum atomic E-state index is 0.558. The van der Waals surface area contributed by atoms with Crippen molar-refractivity contribution in [2.45, 2.75) is 0 Å². The zero-order valence-electron chi connectivity index (χ0n) is 7.87. The van der Waals surface area contributed by atoms with Gasteiger partial charge in [-0.1, -0.05) is 11.6 Å². The van der Waals surface area contributed by atoms with Gasteiger partial charge in [-0.3, -0.25) is 0 Å². The Morgan fingerprint density at radius 1 is 1.50 bits per heavy atom. The van der Waals surface area contributed by atoms with Crippen LogP contribution >= 0.6 is 38.9 Å². The number of nitrogens with one attached hydrogen (secondary N) is 1. The molecule has 0 spiro atoms. The molecule has 6 heteroatoms. The Bertz CT molecular complexity index is 561. The van der Waals surface area contributed by atoms with E-state index in [1.54, 1.807) is 18.2 Å². The Balaban J connectivity index is 2.30. The predicted molar refractivity (Wildman–Crippen MR) is 69.3 cm³/mol. The second-order valence-corrected chi connectivity index (χ2v) is 4.98. The third-order valence-corrected chi connectivity index (χ3v) is 3.61. The van der Waals surface area contributed by atoms with E-state index in [1.165, 1.54) is 11.3 Å². The summed E-state index contributed by atoms with van der Waals surface area (Å²) in [6.45, 7) is 0. The summed E-state index contributed by atoms with van der Waals surface area (Å²) in [4.78, 5) is 4.19. The highest BCUT2D eigenvalue weighted by Crippen LogP contribution is 2.29. The summed E-state index contributed by atoms with van der Waals surface area (Å²) < 4.78 is 0.771. The zero-order valence-corrected chi connectivity index (χ0v) is 11.0. The highest BCUT2D eigenvalue weighted by molar-refractivity contribution is 9.10. The van der Waals surface area contributed by atoms with Crippen molar-refractivity contribution in [3.63, 3.8) is 0 Å². The van der Waals surface area contributed by atoms with Gasteiger partial charge in [-0.25, -0.2) is 4.98 Å². The molecule has 0 aliphatic heterocycles. The summed E-state index contributed by atoms with van der Waals surface area (Å²) in [6, 6.07) is 7.11. The first-order chi connectivity index (χ1) is 7.69. The molecule has 0 fully saturated rings. The molecule has 0 unspecified atom stereocenters. The van der Waals surface area contributed by atoms with Crippen LogP contribution in [-0.4, -0.2) is 4.98 Å². The van der Waals surface area contributed by atoms with Crippen molar-refractivity contribution in [2.24, 2.45) is 0 Å². The van der Waals surface area contributed by atoms with Crippen LogP contribution in [-0.2, 0) is 0 Å². The van der Waals surface area contributed by atoms with E-state index in [9.17, 15) is 0 Å². The van der Waals surface area contributed by atoms with Crippen molar-refractivity contribution in [1.29, 1.82) is 5.26 Å². The molecule has 0 bridgehead atoms. The van der Waals surface area contributed by atoms with Gasteiger partial charge in [0.15, 0.2) is 5.13 Å². The second kappa shape index (κ2) is 4.83. The maximum Gasteiger partial charge on any atom is 0.188 e. The number of nitrogens with zero attached hydrogens (tertiary/aromatic N) is 2. The van der Waals surface area contributed by atoms with Crippen molar-refractivity contribution < 1.29 is 0 Å². The molecule has 0 aliphatic carbocycles. The van der Waals surface area contributed by atoms with Crippen LogP contribution in [0.4, 0.5) is 10.8 Å². The fourth-order valence-corrected chi connectivity index (χ4v) is 2.44. The van der Waals surface area contributed by atoms with E-state index < -0.39 is 0 Å². The first kappa shape index (κ1) is 11.4. The molecule has 3 nitrogen and oxygen atoms in total. The van der Waals surface area contributed by atoms with Crippen LogP contribution in [0, 0.1) is 11.3 Å². The second-order valence-electron chi connectivity index (χ2n) is 2.91. The topological polar surface area (TPSA) is 48.7 Å². The smallest absolute Gasteiger partial charge is 0.188 e. The van der Waals surface area contributed by atoms with Gasteiger partial charge in [0.25, 0.3) is 0 Å². The van der Waals surface area contributed by atoms with E-state index in [0.29, 0.717) is 16.3 Å². The fourth-order valence-electron chi connectivity index (χ4n) is 1.12. The van der Waals surface area contributed by atoms with Crippen LogP contribution in [0.2, 0.25) is 5.02 Å². The van der Waals surface area contributed by atoms with Gasteiger partial charge in [0.2, 0.25) is 0 Å². The molecule has 0 aliphatic rings. The number of benzene rings is 1. The molecule has 1 aromatic carbocycles. The molecule has 1 aromatic heterocycles. The summed E-state index contributed by atoms with van der Waals surface area (Å²) in [5.74, 6) is 0. The van der Waals surface area contributed by atoms with Gasteiger partial charge in [-0.15, -0.1) is 11.3 Å². The lowest BCUT2D eigenvalue weighted by Crippen LogP contribution is -1.91. The molecular formula is C10H5BrClN3S. The fraction of sp³-hybridized carbons (Fsp3) is 0. The summed E-state index contributed by atoms with van der Waals surface area (Å²) >= 11 is 10.7. The van der Waals surface area contributed by atoms with Gasteiger partial charge in [0.1, 0.15) is 4.60 Å². The maximum absolute atomic E-state index is 8.78. The first-order valence-corrected chi connectivity index (χ1v) is 6.32. The van der Waals surface area contributed by atoms with Crippen LogP contribution < -0.4 is 5.32 Å². The number of thiazole rings is 1. The van der Waals surface area contributed by atoms with Crippen LogP contribution in [0.3, 0.4) is 0 Å². The van der Waals surface area contributed by atoms with Crippen LogP contribution in [0.5, 0.6) is 0 Å². The lowest BCUT2D eigenvalue weighted by atomic mass is 10.2. The SMILES string of the molecule is N#Cc1ccc(Cl)c(Nc2nc(Br)cs2)c1. The van der Waals surface area contributed by atoms with E-state index in [0.717, 1.165) is 9.73 Å². The standard InChI is InChI=1S/C10H5BrClN3S/c11-9-5-16-10(15-9)14-8-3-6(4-13)1-2-7(8)12/h1-3,5H,(H,14,15). The Kier molecular flexibility index (Phi) is 3.44. The van der Waals surface area contributed by atoms with Gasteiger partial charge in [-0.05, 0) is 34.1 Å². The van der Waals surface area contributed by atoms with Crippen LogP contribution in [0.15, 0.2) is 28.2 Å². The number of rotatable bonds is 2. The lowest BCUT2D eigenvalue weighted by molar-refractivity contribution is 1.34. The van der Waals surface area contributed by atoms with Crippen LogP contribution in [0.25, 0.3) is 0 Å². The first-order valence-electron chi connectivity index (χ1n) is 4.27. The molecule has 1 N–H and O–H groups in total. The number of nitriles is 1. The normalized spacial score (nSPS) is 9.81. The Labute approximate surface area is 110 Å². The average molecular weight is 315 g/mol. The number of hydrogen-bond acceptors (Lipinski definition) is 4. The van der Waals surface area contributed by atoms with Crippen molar-refractivity contribution in [3.8, 4) is 6.07 Å². The molecule has 1 heterocycles. The Morgan fingerprint density at radius 2 is 2.31 bits per heavy atom. The number of halogens is 2. The van der Waals surface area contributed by atoms with Gasteiger partial charge in [-0.2, -0.15) is 5.26 Å². The molecule has 0 saturated carbocycles. The summed E-state index contributed by atoms with van der Waals surface area (Å²) in [7, 11) is 0. The van der Waals surface area contributed by atoms with Gasteiger partial charge < -0.3 is 5.32 Å². The molecule has 0 saturated heterocycles. The molecule has 0 amide bonds. The predicted octanol–water partition coefficient (Wildman–Crippen LogP) is 4.17. The van der Waals surface area contributed by atoms with Crippen molar-refractivity contribution in [3.05, 3.63) is 38.8 Å². The van der Waals surface area contributed by atoms with Gasteiger partial charge in [0, 0.05) is 5.38 Å². The molecule has 80 valence electrons. The van der Waals surface area contributed by atoms with E-state index in [-0.39, 0.29) is 0 Å². The molecule has 2 rings (SSSR count). The Hall–Kier alpha value is -1.09. The number of anilines is 2. The molecule has 0 radical (unpaired) electrons. The zero-order chi connectivity index (χ0) is 11.5. The van der Waals surface area contributed by atoms with E-state index in [2.05, 4.69) is 32.3 Å². The lowest BCUT2D eigenvalue weighted by Gasteiger charge is -2.04. The van der Waals surface area contributed by atoms with Crippen LogP contribution in [0.1, 0.15) is 5.56 Å². The Morgan fingerprint density at radius 3 is 2.94 bits per heavy atom.